The van der Waals surface area contributed by atoms with Crippen molar-refractivity contribution >= 4 is 32.8 Å². The van der Waals surface area contributed by atoms with Crippen LogP contribution in [0.1, 0.15) is 5.82 Å². The lowest BCUT2D eigenvalue weighted by atomic mass is 10.3. The normalized spacial score (nSPS) is 11.4. The predicted molar refractivity (Wildman–Crippen MR) is 94.4 cm³/mol. The summed E-state index contributed by atoms with van der Waals surface area (Å²) >= 11 is 0. The molecule has 0 aliphatic carbocycles. The number of rotatable bonds is 4. The van der Waals surface area contributed by atoms with Crippen LogP contribution in [0.4, 0.5) is 10.5 Å². The molecule has 2 amide bonds. The van der Waals surface area contributed by atoms with E-state index in [1.165, 1.54) is 29.2 Å². The minimum Gasteiger partial charge on any atom is -0.340 e. The number of hydrogen-bond acceptors (Lipinski definition) is 4. The standard InChI is InChI=1S/C16H17N5O3S/c1-21(10-15-19-13-4-2-3-5-14(13)20-15)16(22)18-11-6-8-12(9-7-11)25(17,23)24/h2-9H,10H2,1H3,(H,18,22)(H,19,20)(H2,17,23,24). The Morgan fingerprint density at radius 2 is 1.88 bits per heavy atom. The number of aromatic nitrogens is 2. The van der Waals surface area contributed by atoms with Gasteiger partial charge in [-0.2, -0.15) is 0 Å². The first-order valence-corrected chi connectivity index (χ1v) is 8.96. The number of primary sulfonamides is 1. The molecule has 0 saturated carbocycles. The molecule has 130 valence electrons. The maximum Gasteiger partial charge on any atom is 0.321 e. The van der Waals surface area contributed by atoms with Crippen LogP contribution in [0.5, 0.6) is 0 Å². The Kier molecular flexibility index (Phi) is 4.43. The van der Waals surface area contributed by atoms with Gasteiger partial charge in [-0.25, -0.2) is 23.3 Å². The smallest absolute Gasteiger partial charge is 0.321 e. The van der Waals surface area contributed by atoms with Crippen LogP contribution < -0.4 is 10.5 Å². The molecule has 4 N–H and O–H groups in total. The highest BCUT2D eigenvalue weighted by atomic mass is 32.2. The van der Waals surface area contributed by atoms with Crippen molar-refractivity contribution in [3.63, 3.8) is 0 Å². The van der Waals surface area contributed by atoms with Gasteiger partial charge in [-0.1, -0.05) is 12.1 Å². The van der Waals surface area contributed by atoms with Gasteiger partial charge in [0.15, 0.2) is 0 Å². The quantitative estimate of drug-likeness (QED) is 0.658. The van der Waals surface area contributed by atoms with E-state index in [4.69, 9.17) is 5.14 Å². The number of urea groups is 1. The van der Waals surface area contributed by atoms with Crippen LogP contribution in [0.2, 0.25) is 0 Å². The van der Waals surface area contributed by atoms with Gasteiger partial charge < -0.3 is 15.2 Å². The molecule has 3 aromatic rings. The number of carbonyl (C=O) groups excluding carboxylic acids is 1. The number of imidazole rings is 1. The molecule has 0 saturated heterocycles. The molecule has 3 rings (SSSR count). The number of nitrogens with one attached hydrogen (secondary N) is 2. The maximum atomic E-state index is 12.2. The van der Waals surface area contributed by atoms with Crippen molar-refractivity contribution < 1.29 is 13.2 Å². The summed E-state index contributed by atoms with van der Waals surface area (Å²) in [5.74, 6) is 0.670. The molecule has 0 aliphatic heterocycles. The first-order chi connectivity index (χ1) is 11.8. The Morgan fingerprint density at radius 1 is 1.20 bits per heavy atom. The second-order valence-electron chi connectivity index (χ2n) is 5.56. The van der Waals surface area contributed by atoms with Crippen molar-refractivity contribution in [2.24, 2.45) is 5.14 Å². The molecule has 0 radical (unpaired) electrons. The summed E-state index contributed by atoms with van der Waals surface area (Å²) in [6, 6.07) is 12.9. The summed E-state index contributed by atoms with van der Waals surface area (Å²) < 4.78 is 22.4. The number of carbonyl (C=O) groups is 1. The van der Waals surface area contributed by atoms with Crippen molar-refractivity contribution in [3.05, 3.63) is 54.4 Å². The average molecular weight is 359 g/mol. The third-order valence-corrected chi connectivity index (χ3v) is 4.54. The zero-order valence-corrected chi connectivity index (χ0v) is 14.2. The van der Waals surface area contributed by atoms with Crippen molar-refractivity contribution in [2.45, 2.75) is 11.4 Å². The Bertz CT molecular complexity index is 979. The molecule has 25 heavy (non-hydrogen) atoms. The fourth-order valence-electron chi connectivity index (χ4n) is 2.32. The highest BCUT2D eigenvalue weighted by molar-refractivity contribution is 7.89. The summed E-state index contributed by atoms with van der Waals surface area (Å²) in [6.07, 6.45) is 0. The third-order valence-electron chi connectivity index (χ3n) is 3.61. The number of nitrogens with zero attached hydrogens (tertiary/aromatic N) is 2. The van der Waals surface area contributed by atoms with Crippen LogP contribution >= 0.6 is 0 Å². The number of anilines is 1. The summed E-state index contributed by atoms with van der Waals surface area (Å²) in [6.45, 7) is 0.301. The van der Waals surface area contributed by atoms with Gasteiger partial charge in [0.25, 0.3) is 0 Å². The molecule has 1 heterocycles. The first-order valence-electron chi connectivity index (χ1n) is 7.41. The highest BCUT2D eigenvalue weighted by Gasteiger charge is 2.13. The zero-order chi connectivity index (χ0) is 18.0. The van der Waals surface area contributed by atoms with Gasteiger partial charge in [0.1, 0.15) is 5.82 Å². The molecule has 0 aliphatic rings. The SMILES string of the molecule is CN(Cc1nc2ccccc2[nH]1)C(=O)Nc1ccc(S(N)(=O)=O)cc1. The first kappa shape index (κ1) is 16.9. The van der Waals surface area contributed by atoms with Gasteiger partial charge in [0.05, 0.1) is 22.5 Å². The second kappa shape index (κ2) is 6.54. The van der Waals surface area contributed by atoms with Crippen LogP contribution in [-0.2, 0) is 16.6 Å². The largest absolute Gasteiger partial charge is 0.340 e. The Morgan fingerprint density at radius 3 is 2.52 bits per heavy atom. The lowest BCUT2D eigenvalue weighted by Gasteiger charge is -2.16. The van der Waals surface area contributed by atoms with Gasteiger partial charge in [-0.15, -0.1) is 0 Å². The Balaban J connectivity index is 1.66. The van der Waals surface area contributed by atoms with E-state index >= 15 is 0 Å². The van der Waals surface area contributed by atoms with Crippen LogP contribution in [-0.4, -0.2) is 36.4 Å². The number of H-pyrrole nitrogens is 1. The lowest BCUT2D eigenvalue weighted by molar-refractivity contribution is 0.219. The van der Waals surface area contributed by atoms with Crippen molar-refractivity contribution in [2.75, 3.05) is 12.4 Å². The number of benzene rings is 2. The number of para-hydroxylation sites is 2. The van der Waals surface area contributed by atoms with E-state index in [2.05, 4.69) is 15.3 Å². The summed E-state index contributed by atoms with van der Waals surface area (Å²) in [7, 11) is -2.11. The zero-order valence-electron chi connectivity index (χ0n) is 13.4. The van der Waals surface area contributed by atoms with Gasteiger partial charge in [0.2, 0.25) is 10.0 Å². The van der Waals surface area contributed by atoms with E-state index in [9.17, 15) is 13.2 Å². The molecule has 0 spiro atoms. The monoisotopic (exact) mass is 359 g/mol. The average Bonchev–Trinajstić information content (AvgIpc) is 2.96. The van der Waals surface area contributed by atoms with Crippen LogP contribution in [0.3, 0.4) is 0 Å². The summed E-state index contributed by atoms with van der Waals surface area (Å²) in [4.78, 5) is 21.3. The highest BCUT2D eigenvalue weighted by Crippen LogP contribution is 2.14. The number of sulfonamides is 1. The number of amides is 2. The Labute approximate surface area is 144 Å². The molecule has 0 unspecified atom stereocenters. The molecule has 0 fully saturated rings. The summed E-state index contributed by atoms with van der Waals surface area (Å²) in [5, 5.41) is 7.72. The van der Waals surface area contributed by atoms with E-state index in [1.807, 2.05) is 24.3 Å². The number of nitrogens with two attached hydrogens (primary N) is 1. The number of aromatic amines is 1. The number of fused-ring (bicyclic) bond motifs is 1. The minimum atomic E-state index is -3.75. The molecular weight excluding hydrogens is 342 g/mol. The Hall–Kier alpha value is -2.91. The van der Waals surface area contributed by atoms with Crippen LogP contribution in [0.15, 0.2) is 53.4 Å². The van der Waals surface area contributed by atoms with Crippen LogP contribution in [0, 0.1) is 0 Å². The van der Waals surface area contributed by atoms with Crippen LogP contribution in [0.25, 0.3) is 11.0 Å². The minimum absolute atomic E-state index is 0.0128. The fourth-order valence-corrected chi connectivity index (χ4v) is 2.84. The molecule has 1 aromatic heterocycles. The fraction of sp³-hybridized carbons (Fsp3) is 0.125. The van der Waals surface area contributed by atoms with E-state index in [0.29, 0.717) is 18.1 Å². The molecule has 0 atom stereocenters. The van der Waals surface area contributed by atoms with E-state index < -0.39 is 10.0 Å². The molecular formula is C16H17N5O3S. The topological polar surface area (TPSA) is 121 Å². The van der Waals surface area contributed by atoms with Crippen molar-refractivity contribution in [3.8, 4) is 0 Å². The maximum absolute atomic E-state index is 12.2. The van der Waals surface area contributed by atoms with Gasteiger partial charge in [-0.05, 0) is 36.4 Å². The van der Waals surface area contributed by atoms with E-state index in [-0.39, 0.29) is 10.9 Å². The van der Waals surface area contributed by atoms with Crippen molar-refractivity contribution in [1.82, 2.24) is 14.9 Å². The predicted octanol–water partition coefficient (Wildman–Crippen LogP) is 1.87. The van der Waals surface area contributed by atoms with E-state index in [0.717, 1.165) is 11.0 Å². The third kappa shape index (κ3) is 3.95. The molecule has 9 heteroatoms. The molecule has 0 bridgehead atoms. The van der Waals surface area contributed by atoms with Gasteiger partial charge in [0, 0.05) is 12.7 Å². The second-order valence-corrected chi connectivity index (χ2v) is 7.12. The van der Waals surface area contributed by atoms with E-state index in [1.54, 1.807) is 7.05 Å². The summed E-state index contributed by atoms with van der Waals surface area (Å²) in [5.41, 5.74) is 2.21. The number of hydrogen-bond donors (Lipinski definition) is 3. The van der Waals surface area contributed by atoms with Crippen molar-refractivity contribution in [1.29, 1.82) is 0 Å². The molecule has 2 aromatic carbocycles. The van der Waals surface area contributed by atoms with Gasteiger partial charge in [-0.3, -0.25) is 0 Å². The lowest BCUT2D eigenvalue weighted by Crippen LogP contribution is -2.31. The van der Waals surface area contributed by atoms with Gasteiger partial charge >= 0.3 is 6.03 Å². The molecule has 8 nitrogen and oxygen atoms in total.